The predicted molar refractivity (Wildman–Crippen MR) is 113 cm³/mol. The molecule has 2 amide bonds. The van der Waals surface area contributed by atoms with E-state index >= 15 is 0 Å². The lowest BCUT2D eigenvalue weighted by Crippen LogP contribution is -2.56. The number of nitrogens with one attached hydrogen (secondary N) is 2. The van der Waals surface area contributed by atoms with Crippen molar-refractivity contribution < 1.29 is 19.4 Å². The molecule has 2 aromatic carbocycles. The minimum absolute atomic E-state index is 0.164. The number of ether oxygens (including phenoxy) is 1. The van der Waals surface area contributed by atoms with Crippen LogP contribution in [0.3, 0.4) is 0 Å². The third-order valence-electron chi connectivity index (χ3n) is 6.93. The van der Waals surface area contributed by atoms with Crippen LogP contribution in [0.4, 0.5) is 10.5 Å². The van der Waals surface area contributed by atoms with E-state index in [9.17, 15) is 9.59 Å². The molecule has 4 saturated carbocycles. The number of amides is 2. The molecule has 0 aromatic heterocycles. The van der Waals surface area contributed by atoms with Crippen LogP contribution >= 0.6 is 0 Å². The van der Waals surface area contributed by atoms with Crippen molar-refractivity contribution in [2.75, 3.05) is 5.32 Å². The Morgan fingerprint density at radius 1 is 0.867 bits per heavy atom. The fourth-order valence-corrected chi connectivity index (χ4v) is 5.95. The molecule has 4 aliphatic carbocycles. The summed E-state index contributed by atoms with van der Waals surface area (Å²) in [4.78, 5) is 23.8. The number of benzene rings is 2. The summed E-state index contributed by atoms with van der Waals surface area (Å²) in [5.74, 6) is 2.97. The van der Waals surface area contributed by atoms with E-state index in [2.05, 4.69) is 10.6 Å². The highest BCUT2D eigenvalue weighted by molar-refractivity contribution is 5.90. The first-order valence-corrected chi connectivity index (χ1v) is 10.7. The maximum absolute atomic E-state index is 12.7. The molecule has 0 aliphatic heterocycles. The number of carbonyl (C=O) groups is 2. The molecular formula is C24H26N2O4. The van der Waals surface area contributed by atoms with Gasteiger partial charge in [-0.25, -0.2) is 9.59 Å². The molecule has 156 valence electrons. The van der Waals surface area contributed by atoms with Gasteiger partial charge in [-0.1, -0.05) is 12.1 Å². The van der Waals surface area contributed by atoms with Crippen molar-refractivity contribution in [2.45, 2.75) is 38.1 Å². The van der Waals surface area contributed by atoms with Gasteiger partial charge in [-0.15, -0.1) is 0 Å². The van der Waals surface area contributed by atoms with Gasteiger partial charge in [0, 0.05) is 17.8 Å². The fourth-order valence-electron chi connectivity index (χ4n) is 5.95. The smallest absolute Gasteiger partial charge is 0.335 e. The lowest BCUT2D eigenvalue weighted by molar-refractivity contribution is -0.00883. The summed E-state index contributed by atoms with van der Waals surface area (Å²) in [6.45, 7) is 0. The number of hydrogen-bond acceptors (Lipinski definition) is 3. The molecule has 2 aromatic rings. The Morgan fingerprint density at radius 2 is 1.50 bits per heavy atom. The number of anilines is 1. The number of hydrogen-bond donors (Lipinski definition) is 3. The Bertz CT molecular complexity index is 945. The van der Waals surface area contributed by atoms with Gasteiger partial charge >= 0.3 is 12.0 Å². The van der Waals surface area contributed by atoms with Crippen LogP contribution in [0.15, 0.2) is 48.5 Å². The van der Waals surface area contributed by atoms with E-state index in [1.807, 2.05) is 6.07 Å². The van der Waals surface area contributed by atoms with Gasteiger partial charge in [0.15, 0.2) is 0 Å². The van der Waals surface area contributed by atoms with Crippen LogP contribution in [0.25, 0.3) is 0 Å². The van der Waals surface area contributed by atoms with Gasteiger partial charge in [-0.05, 0) is 86.1 Å². The van der Waals surface area contributed by atoms with Crippen LogP contribution in [-0.4, -0.2) is 23.1 Å². The zero-order chi connectivity index (χ0) is 20.7. The molecule has 0 saturated heterocycles. The maximum Gasteiger partial charge on any atom is 0.335 e. The minimum Gasteiger partial charge on any atom is -0.478 e. The molecule has 4 aliphatic rings. The topological polar surface area (TPSA) is 87.7 Å². The summed E-state index contributed by atoms with van der Waals surface area (Å²) in [6.07, 6.45) is 6.44. The quantitative estimate of drug-likeness (QED) is 0.643. The maximum atomic E-state index is 12.7. The lowest BCUT2D eigenvalue weighted by atomic mass is 9.54. The monoisotopic (exact) mass is 406 g/mol. The highest BCUT2D eigenvalue weighted by Crippen LogP contribution is 2.53. The molecule has 30 heavy (non-hydrogen) atoms. The number of aromatic carboxylic acids is 1. The van der Waals surface area contributed by atoms with Crippen molar-refractivity contribution in [1.29, 1.82) is 0 Å². The van der Waals surface area contributed by atoms with Crippen molar-refractivity contribution in [2.24, 2.45) is 23.7 Å². The SMILES string of the molecule is O=C(Nc1cccc(Oc2cccc(C(=O)O)c2)c1)NC1C2CC3CC(C2)CC1C3. The van der Waals surface area contributed by atoms with Gasteiger partial charge in [0.2, 0.25) is 0 Å². The second-order valence-electron chi connectivity index (χ2n) is 9.02. The van der Waals surface area contributed by atoms with Crippen molar-refractivity contribution in [3.05, 3.63) is 54.1 Å². The average Bonchev–Trinajstić information content (AvgIpc) is 2.70. The molecule has 3 N–H and O–H groups in total. The molecular weight excluding hydrogens is 380 g/mol. The number of urea groups is 1. The summed E-state index contributed by atoms with van der Waals surface area (Å²) in [5, 5.41) is 15.3. The largest absolute Gasteiger partial charge is 0.478 e. The van der Waals surface area contributed by atoms with Gasteiger partial charge in [0.1, 0.15) is 11.5 Å². The van der Waals surface area contributed by atoms with E-state index in [-0.39, 0.29) is 17.6 Å². The van der Waals surface area contributed by atoms with Gasteiger partial charge in [-0.3, -0.25) is 0 Å². The van der Waals surface area contributed by atoms with E-state index in [0.717, 1.165) is 11.8 Å². The first-order valence-electron chi connectivity index (χ1n) is 10.7. The van der Waals surface area contributed by atoms with Gasteiger partial charge in [-0.2, -0.15) is 0 Å². The van der Waals surface area contributed by atoms with E-state index in [0.29, 0.717) is 29.0 Å². The Kier molecular flexibility index (Phi) is 4.85. The molecule has 6 heteroatoms. The van der Waals surface area contributed by atoms with Crippen LogP contribution in [0.1, 0.15) is 42.5 Å². The molecule has 0 unspecified atom stereocenters. The average molecular weight is 406 g/mol. The number of carboxylic acid groups (broad SMARTS) is 1. The summed E-state index contributed by atoms with van der Waals surface area (Å²) >= 11 is 0. The summed E-state index contributed by atoms with van der Waals surface area (Å²) in [6, 6.07) is 13.6. The molecule has 0 atom stereocenters. The van der Waals surface area contributed by atoms with E-state index < -0.39 is 5.97 Å². The zero-order valence-electron chi connectivity index (χ0n) is 16.7. The zero-order valence-corrected chi connectivity index (χ0v) is 16.7. The van der Waals surface area contributed by atoms with Crippen LogP contribution in [0, 0.1) is 23.7 Å². The Labute approximate surface area is 175 Å². The van der Waals surface area contributed by atoms with E-state index in [1.54, 1.807) is 30.3 Å². The molecule has 0 heterocycles. The Balaban J connectivity index is 1.22. The molecule has 4 fully saturated rings. The number of carboxylic acids is 1. The second kappa shape index (κ2) is 7.67. The van der Waals surface area contributed by atoms with Gasteiger partial charge < -0.3 is 20.5 Å². The van der Waals surface area contributed by atoms with Crippen molar-refractivity contribution in [3.63, 3.8) is 0 Å². The molecule has 0 radical (unpaired) electrons. The number of carbonyl (C=O) groups excluding carboxylic acids is 1. The first kappa shape index (κ1) is 19.0. The Hall–Kier alpha value is -3.02. The second-order valence-corrected chi connectivity index (χ2v) is 9.02. The van der Waals surface area contributed by atoms with E-state index in [1.165, 1.54) is 44.2 Å². The summed E-state index contributed by atoms with van der Waals surface area (Å²) in [5.41, 5.74) is 0.806. The third-order valence-corrected chi connectivity index (χ3v) is 6.93. The summed E-state index contributed by atoms with van der Waals surface area (Å²) in [7, 11) is 0. The van der Waals surface area contributed by atoms with Crippen LogP contribution < -0.4 is 15.4 Å². The van der Waals surface area contributed by atoms with Gasteiger partial charge in [0.25, 0.3) is 0 Å². The third kappa shape index (κ3) is 3.86. The standard InChI is InChI=1S/C24H26N2O4/c27-23(28)16-3-1-5-20(12-16)30-21-6-2-4-19(13-21)25-24(29)26-22-17-8-14-7-15(10-17)11-18(22)9-14/h1-6,12-15,17-18,22H,7-11H2,(H,27,28)(H2,25,26,29). The van der Waals surface area contributed by atoms with E-state index in [4.69, 9.17) is 9.84 Å². The minimum atomic E-state index is -1.00. The summed E-state index contributed by atoms with van der Waals surface area (Å²) < 4.78 is 5.78. The highest BCUT2D eigenvalue weighted by atomic mass is 16.5. The highest BCUT2D eigenvalue weighted by Gasteiger charge is 2.48. The van der Waals surface area contributed by atoms with Crippen molar-refractivity contribution in [3.8, 4) is 11.5 Å². The van der Waals surface area contributed by atoms with Crippen LogP contribution in [0.5, 0.6) is 11.5 Å². The Morgan fingerprint density at radius 3 is 2.17 bits per heavy atom. The molecule has 6 nitrogen and oxygen atoms in total. The number of rotatable bonds is 5. The normalized spacial score (nSPS) is 28.7. The van der Waals surface area contributed by atoms with Crippen LogP contribution in [-0.2, 0) is 0 Å². The van der Waals surface area contributed by atoms with Gasteiger partial charge in [0.05, 0.1) is 5.56 Å². The fraction of sp³-hybridized carbons (Fsp3) is 0.417. The van der Waals surface area contributed by atoms with Crippen molar-refractivity contribution in [1.82, 2.24) is 5.32 Å². The van der Waals surface area contributed by atoms with Crippen molar-refractivity contribution >= 4 is 17.7 Å². The molecule has 4 bridgehead atoms. The predicted octanol–water partition coefficient (Wildman–Crippen LogP) is 5.12. The molecule has 6 rings (SSSR count). The first-order chi connectivity index (χ1) is 14.5. The molecule has 0 spiro atoms. The lowest BCUT2D eigenvalue weighted by Gasteiger charge is -2.54. The van der Waals surface area contributed by atoms with Crippen LogP contribution in [0.2, 0.25) is 0 Å².